The van der Waals surface area contributed by atoms with Crippen molar-refractivity contribution in [2.45, 2.75) is 37.2 Å². The molecule has 2 aliphatic rings. The van der Waals surface area contributed by atoms with E-state index >= 15 is 0 Å². The second-order valence-electron chi connectivity index (χ2n) is 7.28. The second-order valence-corrected chi connectivity index (χ2v) is 9.97. The van der Waals surface area contributed by atoms with Gasteiger partial charge < -0.3 is 9.64 Å². The Morgan fingerprint density at radius 2 is 2.00 bits per heavy atom. The highest BCUT2D eigenvalue weighted by molar-refractivity contribution is 7.90. The lowest BCUT2D eigenvalue weighted by atomic mass is 10.2. The lowest BCUT2D eigenvalue weighted by molar-refractivity contribution is 0.0472. The van der Waals surface area contributed by atoms with E-state index in [1.807, 2.05) is 29.2 Å². The molecule has 0 unspecified atom stereocenters. The highest BCUT2D eigenvalue weighted by atomic mass is 32.2. The number of rotatable bonds is 3. The van der Waals surface area contributed by atoms with Crippen LogP contribution in [0.4, 0.5) is 5.69 Å². The number of hydrogen-bond donors (Lipinski definition) is 0. The Morgan fingerprint density at radius 3 is 2.87 bits per heavy atom. The topological polar surface area (TPSA) is 88.9 Å². The van der Waals surface area contributed by atoms with Gasteiger partial charge in [-0.25, -0.2) is 9.78 Å². The summed E-state index contributed by atoms with van der Waals surface area (Å²) in [4.78, 5) is 19.0. The van der Waals surface area contributed by atoms with E-state index in [9.17, 15) is 13.2 Å². The zero-order valence-corrected chi connectivity index (χ0v) is 17.7. The quantitative estimate of drug-likeness (QED) is 0.568. The van der Waals surface area contributed by atoms with Crippen LogP contribution in [0.1, 0.15) is 41.0 Å². The summed E-state index contributed by atoms with van der Waals surface area (Å²) in [5, 5.41) is 0.689. The number of ether oxygens (including phenoxy) is 1. The molecule has 0 radical (unpaired) electrons. The zero-order chi connectivity index (χ0) is 20.7. The van der Waals surface area contributed by atoms with Gasteiger partial charge in [-0.05, 0) is 43.2 Å². The number of carbonyl (C=O) groups is 1. The second kappa shape index (κ2) is 7.48. The molecule has 30 heavy (non-hydrogen) atoms. The molecular weight excluding hydrogens is 422 g/mol. The predicted molar refractivity (Wildman–Crippen MR) is 116 cm³/mol. The fourth-order valence-corrected chi connectivity index (χ4v) is 5.96. The number of aromatic nitrogens is 1. The van der Waals surface area contributed by atoms with Crippen LogP contribution >= 0.6 is 11.3 Å². The summed E-state index contributed by atoms with van der Waals surface area (Å²) in [6.45, 7) is 0.763. The van der Waals surface area contributed by atoms with Crippen LogP contribution in [0.15, 0.2) is 51.8 Å². The van der Waals surface area contributed by atoms with Crippen molar-refractivity contribution in [3.8, 4) is 0 Å². The maximum absolute atomic E-state index is 12.7. The summed E-state index contributed by atoms with van der Waals surface area (Å²) in [5.41, 5.74) is 1.64. The molecule has 1 saturated heterocycles. The summed E-state index contributed by atoms with van der Waals surface area (Å²) < 4.78 is 35.9. The minimum absolute atomic E-state index is 0.0381. The van der Waals surface area contributed by atoms with Crippen molar-refractivity contribution < 1.29 is 17.9 Å². The maximum atomic E-state index is 12.7. The summed E-state index contributed by atoms with van der Waals surface area (Å²) >= 11 is 1.46. The van der Waals surface area contributed by atoms with Gasteiger partial charge in [0.15, 0.2) is 0 Å². The van der Waals surface area contributed by atoms with Crippen molar-refractivity contribution in [3.63, 3.8) is 0 Å². The van der Waals surface area contributed by atoms with Crippen LogP contribution in [0.25, 0.3) is 10.2 Å². The molecule has 5 rings (SSSR count). The predicted octanol–water partition coefficient (Wildman–Crippen LogP) is 4.13. The number of esters is 1. The van der Waals surface area contributed by atoms with Crippen LogP contribution in [-0.2, 0) is 21.4 Å². The molecule has 0 atom stereocenters. The first kappa shape index (κ1) is 19.2. The van der Waals surface area contributed by atoms with Crippen LogP contribution in [0, 0.1) is 0 Å². The molecule has 0 bridgehead atoms. The van der Waals surface area contributed by atoms with E-state index in [1.54, 1.807) is 12.1 Å². The number of hydrogen-bond acceptors (Lipinski definition) is 7. The van der Waals surface area contributed by atoms with Gasteiger partial charge in [0.2, 0.25) is 0 Å². The van der Waals surface area contributed by atoms with E-state index in [0.29, 0.717) is 23.0 Å². The molecule has 154 valence electrons. The third kappa shape index (κ3) is 3.48. The van der Waals surface area contributed by atoms with E-state index in [1.165, 1.54) is 17.4 Å². The van der Waals surface area contributed by atoms with Crippen molar-refractivity contribution in [2.24, 2.45) is 4.40 Å². The molecular formula is C21H19N3O4S2. The Hall–Kier alpha value is -2.78. The van der Waals surface area contributed by atoms with E-state index < -0.39 is 16.0 Å². The van der Waals surface area contributed by atoms with Crippen molar-refractivity contribution in [3.05, 3.63) is 53.0 Å². The molecule has 3 heterocycles. The maximum Gasteiger partial charge on any atom is 0.338 e. The first-order valence-electron chi connectivity index (χ1n) is 9.78. The average molecular weight is 442 g/mol. The Bertz CT molecular complexity index is 1250. The number of thiazole rings is 1. The summed E-state index contributed by atoms with van der Waals surface area (Å²) in [6, 6.07) is 12.4. The highest BCUT2D eigenvalue weighted by Crippen LogP contribution is 2.35. The van der Waals surface area contributed by atoms with E-state index in [4.69, 9.17) is 4.74 Å². The lowest BCUT2D eigenvalue weighted by Gasteiger charge is -2.29. The molecule has 0 saturated carbocycles. The van der Waals surface area contributed by atoms with E-state index in [2.05, 4.69) is 9.38 Å². The molecule has 0 aliphatic carbocycles. The number of para-hydroxylation sites is 1. The SMILES string of the molecule is O=C(OCc1nc2ccccc2s1)c1ccc2c(c1)S(=O)(=O)N=C1CCCCCN12. The number of anilines is 1. The van der Waals surface area contributed by atoms with Gasteiger partial charge in [-0.15, -0.1) is 15.7 Å². The summed E-state index contributed by atoms with van der Waals surface area (Å²) in [7, 11) is -3.84. The molecule has 7 nitrogen and oxygen atoms in total. The number of nitrogens with zero attached hydrogens (tertiary/aromatic N) is 3. The van der Waals surface area contributed by atoms with Crippen LogP contribution in [-0.4, -0.2) is 31.8 Å². The van der Waals surface area contributed by atoms with Gasteiger partial charge in [0.05, 0.1) is 21.5 Å². The van der Waals surface area contributed by atoms with Gasteiger partial charge in [0, 0.05) is 13.0 Å². The average Bonchev–Trinajstić information content (AvgIpc) is 3.02. The highest BCUT2D eigenvalue weighted by Gasteiger charge is 2.32. The molecule has 1 fully saturated rings. The lowest BCUT2D eigenvalue weighted by Crippen LogP contribution is -2.35. The third-order valence-corrected chi connectivity index (χ3v) is 7.59. The number of carbonyl (C=O) groups excluding carboxylic acids is 1. The molecule has 2 aliphatic heterocycles. The largest absolute Gasteiger partial charge is 0.455 e. The summed E-state index contributed by atoms with van der Waals surface area (Å²) in [5.74, 6) is 0.00376. The third-order valence-electron chi connectivity index (χ3n) is 5.25. The Kier molecular flexibility index (Phi) is 4.79. The Labute approximate surface area is 178 Å². The number of sulfonamides is 1. The first-order chi connectivity index (χ1) is 14.5. The normalized spacial score (nSPS) is 17.6. The fraction of sp³-hybridized carbons (Fsp3) is 0.286. The molecule has 2 aromatic carbocycles. The van der Waals surface area contributed by atoms with Crippen LogP contribution in [0.5, 0.6) is 0 Å². The molecule has 3 aromatic rings. The van der Waals surface area contributed by atoms with Gasteiger partial charge in [0.1, 0.15) is 22.3 Å². The fourth-order valence-electron chi connectivity index (χ4n) is 3.80. The van der Waals surface area contributed by atoms with Gasteiger partial charge >= 0.3 is 5.97 Å². The molecule has 1 aromatic heterocycles. The smallest absolute Gasteiger partial charge is 0.338 e. The standard InChI is InChI=1S/C21H19N3O4S2/c25-21(28-13-20-22-15-6-3-4-7-17(15)29-20)14-9-10-16-18(12-14)30(26,27)23-19-8-2-1-5-11-24(16)19/h3-4,6-7,9-10,12H,1-2,5,8,11,13H2. The minimum atomic E-state index is -3.84. The van der Waals surface area contributed by atoms with Gasteiger partial charge in [-0.1, -0.05) is 18.6 Å². The van der Waals surface area contributed by atoms with Gasteiger partial charge in [-0.2, -0.15) is 8.42 Å². The molecule has 0 amide bonds. The van der Waals surface area contributed by atoms with Gasteiger partial charge in [-0.3, -0.25) is 0 Å². The van der Waals surface area contributed by atoms with Crippen LogP contribution < -0.4 is 4.90 Å². The van der Waals surface area contributed by atoms with Crippen molar-refractivity contribution in [2.75, 3.05) is 11.4 Å². The monoisotopic (exact) mass is 441 g/mol. The van der Waals surface area contributed by atoms with E-state index in [0.717, 1.165) is 36.0 Å². The zero-order valence-electron chi connectivity index (χ0n) is 16.1. The number of benzene rings is 2. The molecule has 0 N–H and O–H groups in total. The summed E-state index contributed by atoms with van der Waals surface area (Å²) in [6.07, 6.45) is 3.59. The van der Waals surface area contributed by atoms with Crippen molar-refractivity contribution in [1.82, 2.24) is 4.98 Å². The van der Waals surface area contributed by atoms with Crippen molar-refractivity contribution in [1.29, 1.82) is 0 Å². The Morgan fingerprint density at radius 1 is 1.13 bits per heavy atom. The Balaban J connectivity index is 1.39. The minimum Gasteiger partial charge on any atom is -0.455 e. The van der Waals surface area contributed by atoms with Crippen LogP contribution in [0.2, 0.25) is 0 Å². The number of amidine groups is 1. The van der Waals surface area contributed by atoms with Crippen LogP contribution in [0.3, 0.4) is 0 Å². The first-order valence-corrected chi connectivity index (χ1v) is 12.0. The number of fused-ring (bicyclic) bond motifs is 4. The molecule has 0 spiro atoms. The molecule has 9 heteroatoms. The van der Waals surface area contributed by atoms with E-state index in [-0.39, 0.29) is 17.1 Å². The van der Waals surface area contributed by atoms with Crippen molar-refractivity contribution >= 4 is 49.1 Å². The van der Waals surface area contributed by atoms with Gasteiger partial charge in [0.25, 0.3) is 10.0 Å².